The zero-order valence-electron chi connectivity index (χ0n) is 16.5. The average Bonchev–Trinajstić information content (AvgIpc) is 3.38. The van der Waals surface area contributed by atoms with Crippen molar-refractivity contribution >= 4 is 18.0 Å². The van der Waals surface area contributed by atoms with Crippen molar-refractivity contribution in [3.05, 3.63) is 59.7 Å². The van der Waals surface area contributed by atoms with Gasteiger partial charge >= 0.3 is 12.1 Å². The Kier molecular flexibility index (Phi) is 5.44. The lowest BCUT2D eigenvalue weighted by atomic mass is 9.98. The van der Waals surface area contributed by atoms with Crippen LogP contribution in [0.4, 0.5) is 4.79 Å². The lowest BCUT2D eigenvalue weighted by molar-refractivity contribution is -0.136. The predicted octanol–water partition coefficient (Wildman–Crippen LogP) is 3.04. The van der Waals surface area contributed by atoms with Gasteiger partial charge in [-0.25, -0.2) is 4.79 Å². The molecule has 7 heteroatoms. The van der Waals surface area contributed by atoms with E-state index in [1.54, 1.807) is 0 Å². The molecule has 0 radical (unpaired) electrons. The number of rotatable bonds is 8. The summed E-state index contributed by atoms with van der Waals surface area (Å²) in [5, 5.41) is 14.0. The number of amides is 2. The summed E-state index contributed by atoms with van der Waals surface area (Å²) < 4.78 is 5.55. The van der Waals surface area contributed by atoms with Gasteiger partial charge in [-0.3, -0.25) is 9.59 Å². The molecule has 2 aliphatic rings. The average molecular weight is 408 g/mol. The Bertz CT molecular complexity index is 938. The molecule has 0 spiro atoms. The van der Waals surface area contributed by atoms with Gasteiger partial charge in [-0.05, 0) is 35.1 Å². The number of carboxylic acid groups (broad SMARTS) is 1. The van der Waals surface area contributed by atoms with Crippen molar-refractivity contribution in [3.8, 4) is 11.1 Å². The first-order chi connectivity index (χ1) is 14.5. The van der Waals surface area contributed by atoms with Gasteiger partial charge < -0.3 is 20.5 Å². The van der Waals surface area contributed by atoms with Crippen molar-refractivity contribution in [1.82, 2.24) is 10.6 Å². The molecule has 0 unspecified atom stereocenters. The highest BCUT2D eigenvalue weighted by atomic mass is 16.5. The van der Waals surface area contributed by atoms with Crippen LogP contribution in [-0.4, -0.2) is 41.8 Å². The Morgan fingerprint density at radius 3 is 2.17 bits per heavy atom. The standard InChI is InChI=1S/C23H24N2O5/c26-20(24-12-9-21(27)28)13-23(10-11-23)25-22(29)30-14-19-17-7-3-1-5-15(17)16-6-2-4-8-18(16)19/h1-8,19H,9-14H2,(H,24,26)(H,25,29)(H,27,28). The summed E-state index contributed by atoms with van der Waals surface area (Å²) in [7, 11) is 0. The first-order valence-corrected chi connectivity index (χ1v) is 10.1. The van der Waals surface area contributed by atoms with Gasteiger partial charge in [-0.1, -0.05) is 48.5 Å². The lowest BCUT2D eigenvalue weighted by Gasteiger charge is -2.19. The zero-order chi connectivity index (χ0) is 21.1. The minimum atomic E-state index is -0.965. The number of hydrogen-bond acceptors (Lipinski definition) is 4. The highest BCUT2D eigenvalue weighted by Crippen LogP contribution is 2.44. The van der Waals surface area contributed by atoms with Crippen LogP contribution in [0.2, 0.25) is 0 Å². The van der Waals surface area contributed by atoms with E-state index in [1.807, 2.05) is 24.3 Å². The summed E-state index contributed by atoms with van der Waals surface area (Å²) in [6.45, 7) is 0.302. The van der Waals surface area contributed by atoms with E-state index in [0.717, 1.165) is 11.1 Å². The molecule has 1 fully saturated rings. The Morgan fingerprint density at radius 1 is 1.00 bits per heavy atom. The Labute approximate surface area is 174 Å². The fourth-order valence-electron chi connectivity index (χ4n) is 4.03. The second-order valence-corrected chi connectivity index (χ2v) is 7.90. The van der Waals surface area contributed by atoms with Gasteiger partial charge in [0.05, 0.1) is 12.0 Å². The smallest absolute Gasteiger partial charge is 0.407 e. The third kappa shape index (κ3) is 4.30. The molecule has 7 nitrogen and oxygen atoms in total. The molecule has 4 rings (SSSR count). The number of nitrogens with one attached hydrogen (secondary N) is 2. The summed E-state index contributed by atoms with van der Waals surface area (Å²) in [4.78, 5) is 35.0. The van der Waals surface area contributed by atoms with Gasteiger partial charge in [-0.15, -0.1) is 0 Å². The molecule has 1 saturated carbocycles. The van der Waals surface area contributed by atoms with Crippen LogP contribution in [0.5, 0.6) is 0 Å². The fraction of sp³-hybridized carbons (Fsp3) is 0.348. The van der Waals surface area contributed by atoms with Gasteiger partial charge in [0, 0.05) is 18.9 Å². The molecule has 2 aliphatic carbocycles. The van der Waals surface area contributed by atoms with Crippen molar-refractivity contribution in [2.24, 2.45) is 0 Å². The summed E-state index contributed by atoms with van der Waals surface area (Å²) in [5.41, 5.74) is 4.03. The van der Waals surface area contributed by atoms with Crippen LogP contribution in [0.3, 0.4) is 0 Å². The SMILES string of the molecule is O=C(O)CCNC(=O)CC1(NC(=O)OCC2c3ccccc3-c3ccccc32)CC1. The lowest BCUT2D eigenvalue weighted by Crippen LogP contribution is -2.42. The highest BCUT2D eigenvalue weighted by molar-refractivity contribution is 5.81. The number of alkyl carbamates (subject to hydrolysis) is 1. The predicted molar refractivity (Wildman–Crippen MR) is 110 cm³/mol. The van der Waals surface area contributed by atoms with Crippen molar-refractivity contribution in [2.45, 2.75) is 37.1 Å². The third-order valence-corrected chi connectivity index (χ3v) is 5.72. The monoisotopic (exact) mass is 408 g/mol. The van der Waals surface area contributed by atoms with Gasteiger partial charge in [-0.2, -0.15) is 0 Å². The van der Waals surface area contributed by atoms with E-state index in [0.29, 0.717) is 12.8 Å². The number of carbonyl (C=O) groups is 3. The van der Waals surface area contributed by atoms with Crippen molar-refractivity contribution in [2.75, 3.05) is 13.2 Å². The summed E-state index contributed by atoms with van der Waals surface area (Å²) in [6.07, 6.45) is 0.857. The molecule has 0 heterocycles. The van der Waals surface area contributed by atoms with Crippen molar-refractivity contribution in [1.29, 1.82) is 0 Å². The highest BCUT2D eigenvalue weighted by Gasteiger charge is 2.46. The maximum absolute atomic E-state index is 12.4. The molecule has 0 aliphatic heterocycles. The maximum atomic E-state index is 12.4. The van der Waals surface area contributed by atoms with Gasteiger partial charge in [0.25, 0.3) is 0 Å². The molecule has 2 aromatic carbocycles. The van der Waals surface area contributed by atoms with Crippen molar-refractivity contribution < 1.29 is 24.2 Å². The topological polar surface area (TPSA) is 105 Å². The summed E-state index contributed by atoms with van der Waals surface area (Å²) in [5.74, 6) is -1.25. The first-order valence-electron chi connectivity index (χ1n) is 10.1. The quantitative estimate of drug-likeness (QED) is 0.623. The molecule has 30 heavy (non-hydrogen) atoms. The molecule has 0 bridgehead atoms. The van der Waals surface area contributed by atoms with E-state index in [-0.39, 0.29) is 37.8 Å². The van der Waals surface area contributed by atoms with Gasteiger partial charge in [0.15, 0.2) is 0 Å². The maximum Gasteiger partial charge on any atom is 0.407 e. The zero-order valence-corrected chi connectivity index (χ0v) is 16.5. The summed E-state index contributed by atoms with van der Waals surface area (Å²) in [6, 6.07) is 16.3. The van der Waals surface area contributed by atoms with Crippen LogP contribution >= 0.6 is 0 Å². The third-order valence-electron chi connectivity index (χ3n) is 5.72. The van der Waals surface area contributed by atoms with E-state index < -0.39 is 17.6 Å². The second kappa shape index (κ2) is 8.18. The number of fused-ring (bicyclic) bond motifs is 3. The molecule has 0 aromatic heterocycles. The molecule has 3 N–H and O–H groups in total. The van der Waals surface area contributed by atoms with Gasteiger partial charge in [0.2, 0.25) is 5.91 Å². The number of hydrogen-bond donors (Lipinski definition) is 3. The fourth-order valence-corrected chi connectivity index (χ4v) is 4.03. The Hall–Kier alpha value is -3.35. The number of ether oxygens (including phenoxy) is 1. The number of aliphatic carboxylic acids is 1. The van der Waals surface area contributed by atoms with Crippen LogP contribution in [0.1, 0.15) is 42.7 Å². The largest absolute Gasteiger partial charge is 0.481 e. The molecule has 2 amide bonds. The molecule has 156 valence electrons. The molecular formula is C23H24N2O5. The Balaban J connectivity index is 1.32. The van der Waals surface area contributed by atoms with E-state index in [4.69, 9.17) is 9.84 Å². The first kappa shape index (κ1) is 19.9. The second-order valence-electron chi connectivity index (χ2n) is 7.90. The number of carboxylic acids is 1. The van der Waals surface area contributed by atoms with E-state index in [1.165, 1.54) is 11.1 Å². The molecular weight excluding hydrogens is 384 g/mol. The van der Waals surface area contributed by atoms with Crippen LogP contribution < -0.4 is 10.6 Å². The molecule has 0 atom stereocenters. The number of carbonyl (C=O) groups excluding carboxylic acids is 2. The van der Waals surface area contributed by atoms with E-state index >= 15 is 0 Å². The van der Waals surface area contributed by atoms with Crippen LogP contribution in [0.15, 0.2) is 48.5 Å². The van der Waals surface area contributed by atoms with Crippen LogP contribution in [0.25, 0.3) is 11.1 Å². The van der Waals surface area contributed by atoms with Crippen molar-refractivity contribution in [3.63, 3.8) is 0 Å². The van der Waals surface area contributed by atoms with Crippen LogP contribution in [0, 0.1) is 0 Å². The minimum absolute atomic E-state index is 0.0161. The van der Waals surface area contributed by atoms with Gasteiger partial charge in [0.1, 0.15) is 6.61 Å². The van der Waals surface area contributed by atoms with E-state index in [9.17, 15) is 14.4 Å². The number of benzene rings is 2. The van der Waals surface area contributed by atoms with E-state index in [2.05, 4.69) is 34.9 Å². The van der Waals surface area contributed by atoms with Crippen LogP contribution in [-0.2, 0) is 14.3 Å². The molecule has 2 aromatic rings. The Morgan fingerprint density at radius 2 is 1.60 bits per heavy atom. The normalized spacial score (nSPS) is 15.6. The minimum Gasteiger partial charge on any atom is -0.481 e. The summed E-state index contributed by atoms with van der Waals surface area (Å²) >= 11 is 0. The molecule has 0 saturated heterocycles.